The van der Waals surface area contributed by atoms with Crippen molar-refractivity contribution in [2.24, 2.45) is 0 Å². The van der Waals surface area contributed by atoms with Gasteiger partial charge in [0.15, 0.2) is 0 Å². The Labute approximate surface area is 203 Å². The second-order valence-electron chi connectivity index (χ2n) is 7.34. The van der Waals surface area contributed by atoms with Gasteiger partial charge in [0, 0.05) is 16.4 Å². The normalized spacial score (nSPS) is 16.8. The van der Waals surface area contributed by atoms with Gasteiger partial charge in [0.05, 0.1) is 5.25 Å². The fraction of sp³-hybridized carbons (Fsp3) is 0.0800. The van der Waals surface area contributed by atoms with E-state index in [1.54, 1.807) is 36.4 Å². The van der Waals surface area contributed by atoms with Crippen LogP contribution in [0.25, 0.3) is 0 Å². The molecule has 1 N–H and O–H groups in total. The Morgan fingerprint density at radius 3 is 2.18 bits per heavy atom. The summed E-state index contributed by atoms with van der Waals surface area (Å²) >= 11 is 7.07. The largest absolute Gasteiger partial charge is 0.321 e. The molecule has 0 saturated carbocycles. The monoisotopic (exact) mass is 495 g/mol. The zero-order valence-electron chi connectivity index (χ0n) is 17.5. The number of amides is 2. The van der Waals surface area contributed by atoms with E-state index in [4.69, 9.17) is 11.6 Å². The van der Waals surface area contributed by atoms with Crippen molar-refractivity contribution in [1.29, 1.82) is 5.26 Å². The van der Waals surface area contributed by atoms with Gasteiger partial charge in [0.1, 0.15) is 28.3 Å². The lowest BCUT2D eigenvalue weighted by atomic mass is 10.1. The van der Waals surface area contributed by atoms with Crippen molar-refractivity contribution in [3.63, 3.8) is 0 Å². The first-order chi connectivity index (χ1) is 16.4. The van der Waals surface area contributed by atoms with Crippen LogP contribution in [0, 0.1) is 23.0 Å². The van der Waals surface area contributed by atoms with Gasteiger partial charge in [-0.15, -0.1) is 0 Å². The molecule has 1 fully saturated rings. The zero-order chi connectivity index (χ0) is 24.2. The molecule has 2 amide bonds. The number of nitriles is 1. The van der Waals surface area contributed by atoms with Gasteiger partial charge >= 0.3 is 0 Å². The molecule has 5 nitrogen and oxygen atoms in total. The van der Waals surface area contributed by atoms with Crippen LogP contribution in [0.4, 0.5) is 20.2 Å². The van der Waals surface area contributed by atoms with Gasteiger partial charge in [0.2, 0.25) is 5.91 Å². The minimum absolute atomic E-state index is 0.168. The summed E-state index contributed by atoms with van der Waals surface area (Å²) in [5.74, 6) is -1.91. The number of thioether (sulfide) groups is 1. The fourth-order valence-electron chi connectivity index (χ4n) is 3.37. The van der Waals surface area contributed by atoms with Crippen LogP contribution in [-0.4, -0.2) is 17.1 Å². The molecule has 0 aliphatic carbocycles. The van der Waals surface area contributed by atoms with Crippen molar-refractivity contribution in [2.45, 2.75) is 11.7 Å². The number of nitrogens with zero attached hydrogens (tertiary/aromatic N) is 2. The Hall–Kier alpha value is -3.67. The molecule has 1 saturated heterocycles. The molecule has 1 aliphatic rings. The number of hydrogen-bond donors (Lipinski definition) is 1. The fourth-order valence-corrected chi connectivity index (χ4v) is 4.81. The molecule has 9 heteroatoms. The molecule has 0 aromatic heterocycles. The van der Waals surface area contributed by atoms with E-state index < -0.39 is 17.0 Å². The first-order valence-electron chi connectivity index (χ1n) is 10.1. The quantitative estimate of drug-likeness (QED) is 0.365. The number of carbonyl (C=O) groups excluding carboxylic acids is 2. The molecule has 1 unspecified atom stereocenters. The Morgan fingerprint density at radius 1 is 1.00 bits per heavy atom. The molecule has 1 atom stereocenters. The van der Waals surface area contributed by atoms with Gasteiger partial charge in [0.25, 0.3) is 5.91 Å². The van der Waals surface area contributed by atoms with Crippen molar-refractivity contribution in [2.75, 3.05) is 10.2 Å². The van der Waals surface area contributed by atoms with Crippen LogP contribution < -0.4 is 10.2 Å². The highest BCUT2D eigenvalue weighted by atomic mass is 35.5. The Balaban J connectivity index is 1.71. The molecule has 1 heterocycles. The third kappa shape index (κ3) is 5.11. The summed E-state index contributed by atoms with van der Waals surface area (Å²) in [5, 5.41) is 12.4. The van der Waals surface area contributed by atoms with Gasteiger partial charge < -0.3 is 5.32 Å². The minimum atomic E-state index is -0.731. The highest BCUT2D eigenvalue weighted by Crippen LogP contribution is 2.42. The smallest absolute Gasteiger partial charge is 0.269 e. The third-order valence-corrected chi connectivity index (χ3v) is 6.54. The van der Waals surface area contributed by atoms with Crippen LogP contribution in [0.2, 0.25) is 5.02 Å². The minimum Gasteiger partial charge on any atom is -0.321 e. The van der Waals surface area contributed by atoms with E-state index in [-0.39, 0.29) is 28.7 Å². The van der Waals surface area contributed by atoms with Crippen molar-refractivity contribution in [1.82, 2.24) is 0 Å². The zero-order valence-corrected chi connectivity index (χ0v) is 19.0. The summed E-state index contributed by atoms with van der Waals surface area (Å²) in [4.78, 5) is 27.7. The second kappa shape index (κ2) is 10.1. The summed E-state index contributed by atoms with van der Waals surface area (Å²) in [6, 6.07) is 19.2. The molecular formula is C25H16ClF2N3O2S. The Kier molecular flexibility index (Phi) is 6.96. The van der Waals surface area contributed by atoms with E-state index in [9.17, 15) is 23.6 Å². The van der Waals surface area contributed by atoms with E-state index in [1.807, 2.05) is 6.07 Å². The number of rotatable bonds is 5. The van der Waals surface area contributed by atoms with Crippen LogP contribution in [0.1, 0.15) is 5.56 Å². The average molecular weight is 496 g/mol. The van der Waals surface area contributed by atoms with Crippen molar-refractivity contribution in [3.8, 4) is 6.07 Å². The Bertz CT molecular complexity index is 1300. The summed E-state index contributed by atoms with van der Waals surface area (Å²) in [6.45, 7) is 0. The molecule has 3 aromatic carbocycles. The van der Waals surface area contributed by atoms with E-state index in [0.717, 1.165) is 17.3 Å². The first-order valence-corrected chi connectivity index (χ1v) is 11.3. The first kappa shape index (κ1) is 23.5. The van der Waals surface area contributed by atoms with E-state index in [1.165, 1.54) is 41.3 Å². The lowest BCUT2D eigenvalue weighted by Crippen LogP contribution is -2.30. The molecule has 0 bridgehead atoms. The SMILES string of the molecule is N#CC(C(=O)Nc1ccc(F)cc1)=C1SC(Cc2ccc(F)cc2)C(=O)N1c1ccc(Cl)cc1. The summed E-state index contributed by atoms with van der Waals surface area (Å²) in [7, 11) is 0. The van der Waals surface area contributed by atoms with Gasteiger partial charge in [-0.05, 0) is 72.6 Å². The maximum atomic E-state index is 13.4. The summed E-state index contributed by atoms with van der Waals surface area (Å²) < 4.78 is 26.5. The van der Waals surface area contributed by atoms with Crippen molar-refractivity contribution in [3.05, 3.63) is 106 Å². The standard InChI is InChI=1S/C25H16ClF2N3O2S/c26-16-3-11-20(12-4-16)31-24(33)22(13-15-1-5-17(27)6-2-15)34-25(31)21(14-29)23(32)30-19-9-7-18(28)8-10-19/h1-12,22H,13H2,(H,30,32). The number of anilines is 2. The molecule has 4 rings (SSSR count). The van der Waals surface area contributed by atoms with E-state index in [0.29, 0.717) is 16.4 Å². The van der Waals surface area contributed by atoms with Crippen molar-refractivity contribution >= 4 is 46.6 Å². The Morgan fingerprint density at radius 2 is 1.59 bits per heavy atom. The summed E-state index contributed by atoms with van der Waals surface area (Å²) in [6.07, 6.45) is 0.273. The maximum absolute atomic E-state index is 13.4. The lowest BCUT2D eigenvalue weighted by Gasteiger charge is -2.19. The molecule has 170 valence electrons. The number of benzene rings is 3. The second-order valence-corrected chi connectivity index (χ2v) is 8.97. The predicted molar refractivity (Wildman–Crippen MR) is 128 cm³/mol. The molecule has 3 aromatic rings. The molecule has 1 aliphatic heterocycles. The number of hydrogen-bond acceptors (Lipinski definition) is 4. The number of nitrogens with one attached hydrogen (secondary N) is 1. The van der Waals surface area contributed by atoms with Crippen LogP contribution in [-0.2, 0) is 16.0 Å². The number of halogens is 3. The topological polar surface area (TPSA) is 73.2 Å². The van der Waals surface area contributed by atoms with Crippen LogP contribution in [0.5, 0.6) is 0 Å². The van der Waals surface area contributed by atoms with Crippen LogP contribution in [0.3, 0.4) is 0 Å². The lowest BCUT2D eigenvalue weighted by molar-refractivity contribution is -0.117. The van der Waals surface area contributed by atoms with Gasteiger partial charge in [-0.3, -0.25) is 14.5 Å². The summed E-state index contributed by atoms with van der Waals surface area (Å²) in [5.41, 5.74) is 1.22. The molecular weight excluding hydrogens is 480 g/mol. The molecule has 0 radical (unpaired) electrons. The number of carbonyl (C=O) groups is 2. The predicted octanol–water partition coefficient (Wildman–Crippen LogP) is 5.68. The van der Waals surface area contributed by atoms with Gasteiger partial charge in [-0.25, -0.2) is 8.78 Å². The maximum Gasteiger partial charge on any atom is 0.269 e. The van der Waals surface area contributed by atoms with E-state index in [2.05, 4.69) is 5.32 Å². The van der Waals surface area contributed by atoms with Crippen LogP contribution in [0.15, 0.2) is 83.4 Å². The molecule has 34 heavy (non-hydrogen) atoms. The average Bonchev–Trinajstić information content (AvgIpc) is 3.13. The van der Waals surface area contributed by atoms with E-state index >= 15 is 0 Å². The third-order valence-electron chi connectivity index (χ3n) is 5.03. The van der Waals surface area contributed by atoms with Crippen LogP contribution >= 0.6 is 23.4 Å². The van der Waals surface area contributed by atoms with Gasteiger partial charge in [-0.1, -0.05) is 35.5 Å². The molecule has 0 spiro atoms. The van der Waals surface area contributed by atoms with Gasteiger partial charge in [-0.2, -0.15) is 5.26 Å². The highest BCUT2D eigenvalue weighted by molar-refractivity contribution is 8.05. The van der Waals surface area contributed by atoms with Crippen molar-refractivity contribution < 1.29 is 18.4 Å². The highest BCUT2D eigenvalue weighted by Gasteiger charge is 2.40.